The van der Waals surface area contributed by atoms with Gasteiger partial charge >= 0.3 is 0 Å². The average molecular weight is 360 g/mol. The van der Waals surface area contributed by atoms with Crippen LogP contribution in [0, 0.1) is 5.82 Å². The van der Waals surface area contributed by atoms with E-state index < -0.39 is 15.8 Å². The second-order valence-corrected chi connectivity index (χ2v) is 6.46. The van der Waals surface area contributed by atoms with Crippen LogP contribution in [-0.4, -0.2) is 8.42 Å². The van der Waals surface area contributed by atoms with Crippen molar-refractivity contribution in [2.75, 3.05) is 11.1 Å². The number of sulfonamides is 1. The summed E-state index contributed by atoms with van der Waals surface area (Å²) in [5.41, 5.74) is 6.11. The van der Waals surface area contributed by atoms with E-state index >= 15 is 0 Å². The van der Waals surface area contributed by atoms with Crippen molar-refractivity contribution in [3.63, 3.8) is 0 Å². The van der Waals surface area contributed by atoms with E-state index in [-0.39, 0.29) is 22.0 Å². The van der Waals surface area contributed by atoms with Crippen molar-refractivity contribution in [1.82, 2.24) is 0 Å². The van der Waals surface area contributed by atoms with Crippen molar-refractivity contribution < 1.29 is 12.8 Å². The Labute approximate surface area is 124 Å². The van der Waals surface area contributed by atoms with Crippen LogP contribution in [0.25, 0.3) is 0 Å². The van der Waals surface area contributed by atoms with E-state index in [1.165, 1.54) is 30.3 Å². The Bertz CT molecular complexity index is 765. The summed E-state index contributed by atoms with van der Waals surface area (Å²) in [6, 6.07) is 8.61. The average Bonchev–Trinajstić information content (AvgIpc) is 2.35. The van der Waals surface area contributed by atoms with Gasteiger partial charge in [-0.15, -0.1) is 0 Å². The molecule has 8 heteroatoms. The molecule has 0 amide bonds. The number of primary sulfonamides is 1. The third-order valence-corrected chi connectivity index (χ3v) is 4.03. The number of hydrogen-bond donors (Lipinski definition) is 3. The minimum absolute atomic E-state index is 0.0608. The normalized spacial score (nSPS) is 11.3. The van der Waals surface area contributed by atoms with Crippen LogP contribution < -0.4 is 16.2 Å². The number of hydrogen-bond acceptors (Lipinski definition) is 4. The van der Waals surface area contributed by atoms with Gasteiger partial charge in [-0.2, -0.15) is 0 Å². The Balaban J connectivity index is 2.47. The maximum absolute atomic E-state index is 13.7. The Hall–Kier alpha value is -1.64. The summed E-state index contributed by atoms with van der Waals surface area (Å²) < 4.78 is 37.1. The van der Waals surface area contributed by atoms with Crippen molar-refractivity contribution >= 4 is 43.0 Å². The van der Waals surface area contributed by atoms with Gasteiger partial charge in [0.15, 0.2) is 0 Å². The second kappa shape index (κ2) is 5.39. The number of nitrogens with two attached hydrogens (primary N) is 2. The summed E-state index contributed by atoms with van der Waals surface area (Å²) in [5, 5.41) is 7.80. The Kier molecular flexibility index (Phi) is 3.98. The molecule has 0 aliphatic heterocycles. The molecule has 5 N–H and O–H groups in total. The van der Waals surface area contributed by atoms with Gasteiger partial charge in [0.05, 0.1) is 17.1 Å². The summed E-state index contributed by atoms with van der Waals surface area (Å²) in [6.07, 6.45) is 0. The molecule has 0 saturated carbocycles. The smallest absolute Gasteiger partial charge is 0.240 e. The summed E-state index contributed by atoms with van der Waals surface area (Å²) in [6.45, 7) is 0. The molecule has 2 rings (SSSR count). The topological polar surface area (TPSA) is 98.2 Å². The van der Waals surface area contributed by atoms with Gasteiger partial charge in [-0.05, 0) is 30.3 Å². The third kappa shape index (κ3) is 3.09. The summed E-state index contributed by atoms with van der Waals surface area (Å²) in [4.78, 5) is -0.210. The number of nitrogens with one attached hydrogen (secondary N) is 1. The van der Waals surface area contributed by atoms with Gasteiger partial charge < -0.3 is 11.1 Å². The Morgan fingerprint density at radius 2 is 1.85 bits per heavy atom. The number of halogens is 2. The monoisotopic (exact) mass is 359 g/mol. The number of rotatable bonds is 3. The lowest BCUT2D eigenvalue weighted by molar-refractivity contribution is 0.598. The number of para-hydroxylation sites is 1. The van der Waals surface area contributed by atoms with E-state index in [1.54, 1.807) is 6.07 Å². The molecule has 2 aromatic carbocycles. The zero-order valence-electron chi connectivity index (χ0n) is 10.1. The largest absolute Gasteiger partial charge is 0.396 e. The summed E-state index contributed by atoms with van der Waals surface area (Å²) in [5.74, 6) is -0.492. The molecule has 20 heavy (non-hydrogen) atoms. The lowest BCUT2D eigenvalue weighted by atomic mass is 10.2. The molecule has 0 atom stereocenters. The number of anilines is 3. The first kappa shape index (κ1) is 14.8. The molecule has 5 nitrogen and oxygen atoms in total. The summed E-state index contributed by atoms with van der Waals surface area (Å²) >= 11 is 3.22. The Morgan fingerprint density at radius 3 is 2.50 bits per heavy atom. The van der Waals surface area contributed by atoms with Gasteiger partial charge in [-0.3, -0.25) is 0 Å². The summed E-state index contributed by atoms with van der Waals surface area (Å²) in [7, 11) is -3.93. The quantitative estimate of drug-likeness (QED) is 0.733. The highest BCUT2D eigenvalue weighted by atomic mass is 79.9. The fraction of sp³-hybridized carbons (Fsp3) is 0. The minimum atomic E-state index is -3.93. The predicted molar refractivity (Wildman–Crippen MR) is 79.6 cm³/mol. The highest BCUT2D eigenvalue weighted by Gasteiger charge is 2.15. The first-order valence-electron chi connectivity index (χ1n) is 5.42. The van der Waals surface area contributed by atoms with Gasteiger partial charge in [-0.1, -0.05) is 22.0 Å². The molecule has 0 fully saturated rings. The molecule has 0 spiro atoms. The minimum Gasteiger partial charge on any atom is -0.396 e. The first-order chi connectivity index (χ1) is 9.29. The fourth-order valence-corrected chi connectivity index (χ4v) is 2.69. The van der Waals surface area contributed by atoms with Gasteiger partial charge in [0.2, 0.25) is 10.0 Å². The van der Waals surface area contributed by atoms with Crippen LogP contribution in [-0.2, 0) is 10.0 Å². The molecular formula is C12H11BrFN3O2S. The molecule has 106 valence electrons. The van der Waals surface area contributed by atoms with Gasteiger partial charge in [0.25, 0.3) is 0 Å². The molecule has 2 aromatic rings. The van der Waals surface area contributed by atoms with E-state index in [9.17, 15) is 12.8 Å². The Morgan fingerprint density at radius 1 is 1.15 bits per heavy atom. The number of benzene rings is 2. The molecule has 0 radical (unpaired) electrons. The molecular weight excluding hydrogens is 349 g/mol. The lowest BCUT2D eigenvalue weighted by Crippen LogP contribution is -2.15. The fourth-order valence-electron chi connectivity index (χ4n) is 1.64. The van der Waals surface area contributed by atoms with E-state index in [1.807, 2.05) is 0 Å². The molecule has 0 aliphatic rings. The van der Waals surface area contributed by atoms with E-state index in [4.69, 9.17) is 10.9 Å². The maximum atomic E-state index is 13.7. The van der Waals surface area contributed by atoms with E-state index in [0.29, 0.717) is 4.47 Å². The lowest BCUT2D eigenvalue weighted by Gasteiger charge is -2.12. The second-order valence-electron chi connectivity index (χ2n) is 4.01. The van der Waals surface area contributed by atoms with Crippen LogP contribution in [0.1, 0.15) is 0 Å². The van der Waals surface area contributed by atoms with Crippen molar-refractivity contribution in [2.45, 2.75) is 4.90 Å². The van der Waals surface area contributed by atoms with Gasteiger partial charge in [0.1, 0.15) is 10.7 Å². The van der Waals surface area contributed by atoms with Crippen LogP contribution in [0.2, 0.25) is 0 Å². The van der Waals surface area contributed by atoms with Crippen molar-refractivity contribution in [2.24, 2.45) is 5.14 Å². The van der Waals surface area contributed by atoms with Crippen molar-refractivity contribution in [3.8, 4) is 0 Å². The van der Waals surface area contributed by atoms with Crippen LogP contribution >= 0.6 is 15.9 Å². The van der Waals surface area contributed by atoms with Gasteiger partial charge in [0, 0.05) is 4.47 Å². The zero-order valence-corrected chi connectivity index (χ0v) is 12.5. The predicted octanol–water partition coefficient (Wildman–Crippen LogP) is 2.56. The van der Waals surface area contributed by atoms with Crippen LogP contribution in [0.15, 0.2) is 45.8 Å². The van der Waals surface area contributed by atoms with Crippen LogP contribution in [0.4, 0.5) is 21.5 Å². The van der Waals surface area contributed by atoms with Crippen molar-refractivity contribution in [3.05, 3.63) is 46.7 Å². The molecule has 0 aromatic heterocycles. The van der Waals surface area contributed by atoms with Gasteiger partial charge in [-0.25, -0.2) is 17.9 Å². The zero-order chi connectivity index (χ0) is 14.9. The highest BCUT2D eigenvalue weighted by Crippen LogP contribution is 2.30. The molecule has 0 unspecified atom stereocenters. The first-order valence-corrected chi connectivity index (χ1v) is 7.76. The molecule has 0 bridgehead atoms. The van der Waals surface area contributed by atoms with E-state index in [2.05, 4.69) is 21.2 Å². The van der Waals surface area contributed by atoms with Crippen LogP contribution in [0.5, 0.6) is 0 Å². The maximum Gasteiger partial charge on any atom is 0.240 e. The SMILES string of the molecule is Nc1c(Nc2cc(Br)ccc2F)cccc1S(N)(=O)=O. The molecule has 0 aliphatic carbocycles. The highest BCUT2D eigenvalue weighted by molar-refractivity contribution is 9.10. The molecule has 0 saturated heterocycles. The van der Waals surface area contributed by atoms with E-state index in [0.717, 1.165) is 0 Å². The number of nitrogen functional groups attached to an aromatic ring is 1. The third-order valence-electron chi connectivity index (χ3n) is 2.57. The van der Waals surface area contributed by atoms with Crippen LogP contribution in [0.3, 0.4) is 0 Å². The molecule has 0 heterocycles. The standard InChI is InChI=1S/C12H11BrFN3O2S/c13-7-4-5-8(14)10(6-7)17-9-2-1-3-11(12(9)15)20(16,18)19/h1-6,17H,15H2,(H2,16,18,19). The van der Waals surface area contributed by atoms with Crippen molar-refractivity contribution in [1.29, 1.82) is 0 Å².